The number of amides is 2. The molecule has 1 aliphatic rings. The lowest BCUT2D eigenvalue weighted by Gasteiger charge is -2.08. The Morgan fingerprint density at radius 1 is 1.82 bits per heavy atom. The summed E-state index contributed by atoms with van der Waals surface area (Å²) >= 11 is 1.61. The molecule has 0 atom stereocenters. The van der Waals surface area contributed by atoms with Gasteiger partial charge in [0.2, 0.25) is 0 Å². The Labute approximate surface area is 70.0 Å². The predicted molar refractivity (Wildman–Crippen MR) is 47.0 cm³/mol. The Morgan fingerprint density at radius 3 is 3.00 bits per heavy atom. The fraction of sp³-hybridized carbons (Fsp3) is 0.667. The molecule has 0 radical (unpaired) electrons. The highest BCUT2D eigenvalue weighted by molar-refractivity contribution is 8.14. The Hall–Kier alpha value is -0.710. The number of thioether (sulfide) groups is 1. The van der Waals surface area contributed by atoms with Crippen molar-refractivity contribution in [2.75, 3.05) is 26.4 Å². The Bertz CT molecular complexity index is 192. The summed E-state index contributed by atoms with van der Waals surface area (Å²) in [6.07, 6.45) is 0. The largest absolute Gasteiger partial charge is 0.353 e. The maximum Gasteiger partial charge on any atom is 0.343 e. The lowest BCUT2D eigenvalue weighted by molar-refractivity contribution is 0.251. The number of rotatable bonds is 0. The van der Waals surface area contributed by atoms with Crippen LogP contribution in [0.1, 0.15) is 0 Å². The Morgan fingerprint density at radius 2 is 2.55 bits per heavy atom. The third-order valence-electron chi connectivity index (χ3n) is 1.40. The SMILES string of the molecule is CNC(=O)N=C1SCCN1C. The molecule has 0 aromatic carbocycles. The first-order valence-electron chi connectivity index (χ1n) is 3.38. The molecular formula is C6H11N3OS. The van der Waals surface area contributed by atoms with E-state index in [1.165, 1.54) is 0 Å². The number of amidine groups is 1. The third kappa shape index (κ3) is 2.11. The molecule has 62 valence electrons. The summed E-state index contributed by atoms with van der Waals surface area (Å²) in [6.45, 7) is 0.973. The van der Waals surface area contributed by atoms with E-state index < -0.39 is 0 Å². The van der Waals surface area contributed by atoms with Gasteiger partial charge in [-0.05, 0) is 0 Å². The van der Waals surface area contributed by atoms with Gasteiger partial charge in [-0.3, -0.25) is 0 Å². The van der Waals surface area contributed by atoms with E-state index in [1.54, 1.807) is 18.8 Å². The summed E-state index contributed by atoms with van der Waals surface area (Å²) in [5, 5.41) is 3.26. The van der Waals surface area contributed by atoms with Gasteiger partial charge in [0.15, 0.2) is 5.17 Å². The first kappa shape index (κ1) is 8.39. The molecule has 11 heavy (non-hydrogen) atoms. The van der Waals surface area contributed by atoms with Crippen LogP contribution in [0.25, 0.3) is 0 Å². The van der Waals surface area contributed by atoms with E-state index in [9.17, 15) is 4.79 Å². The van der Waals surface area contributed by atoms with Crippen LogP contribution in [0.3, 0.4) is 0 Å². The number of urea groups is 1. The van der Waals surface area contributed by atoms with Gasteiger partial charge < -0.3 is 10.2 Å². The highest BCUT2D eigenvalue weighted by Gasteiger charge is 2.15. The highest BCUT2D eigenvalue weighted by Crippen LogP contribution is 2.15. The fourth-order valence-corrected chi connectivity index (χ4v) is 1.75. The van der Waals surface area contributed by atoms with Gasteiger partial charge in [0, 0.05) is 26.4 Å². The van der Waals surface area contributed by atoms with Gasteiger partial charge in [-0.2, -0.15) is 4.99 Å². The lowest BCUT2D eigenvalue weighted by Crippen LogP contribution is -2.22. The van der Waals surface area contributed by atoms with E-state index in [-0.39, 0.29) is 6.03 Å². The molecule has 1 heterocycles. The zero-order chi connectivity index (χ0) is 8.27. The number of aliphatic imine (C=N–C) groups is 1. The van der Waals surface area contributed by atoms with Crippen molar-refractivity contribution in [2.24, 2.45) is 4.99 Å². The zero-order valence-corrected chi connectivity index (χ0v) is 7.44. The van der Waals surface area contributed by atoms with Gasteiger partial charge in [0.25, 0.3) is 0 Å². The lowest BCUT2D eigenvalue weighted by atomic mass is 10.7. The molecule has 5 heteroatoms. The van der Waals surface area contributed by atoms with Crippen molar-refractivity contribution in [2.45, 2.75) is 0 Å². The molecule has 0 unspecified atom stereocenters. The smallest absolute Gasteiger partial charge is 0.343 e. The summed E-state index contributed by atoms with van der Waals surface area (Å²) in [5.74, 6) is 1.02. The van der Waals surface area contributed by atoms with Crippen LogP contribution in [-0.4, -0.2) is 42.5 Å². The molecule has 1 rings (SSSR count). The quantitative estimate of drug-likeness (QED) is 0.575. The molecule has 2 amide bonds. The zero-order valence-electron chi connectivity index (χ0n) is 6.63. The first-order chi connectivity index (χ1) is 5.24. The molecule has 0 saturated carbocycles. The maximum absolute atomic E-state index is 10.8. The van der Waals surface area contributed by atoms with Crippen LogP contribution in [0.2, 0.25) is 0 Å². The monoisotopic (exact) mass is 173 g/mol. The number of nitrogens with one attached hydrogen (secondary N) is 1. The fourth-order valence-electron chi connectivity index (χ4n) is 0.740. The van der Waals surface area contributed by atoms with Crippen molar-refractivity contribution in [3.63, 3.8) is 0 Å². The molecule has 0 spiro atoms. The van der Waals surface area contributed by atoms with Crippen molar-refractivity contribution in [1.82, 2.24) is 10.2 Å². The van der Waals surface area contributed by atoms with Crippen molar-refractivity contribution < 1.29 is 4.79 Å². The van der Waals surface area contributed by atoms with Gasteiger partial charge in [0.05, 0.1) is 0 Å². The Kier molecular flexibility index (Phi) is 2.76. The van der Waals surface area contributed by atoms with E-state index >= 15 is 0 Å². The molecule has 1 N–H and O–H groups in total. The van der Waals surface area contributed by atoms with E-state index in [4.69, 9.17) is 0 Å². The molecule has 4 nitrogen and oxygen atoms in total. The normalized spacial score (nSPS) is 20.9. The molecule has 0 aromatic heterocycles. The van der Waals surface area contributed by atoms with Gasteiger partial charge in [0.1, 0.15) is 0 Å². The molecule has 1 saturated heterocycles. The van der Waals surface area contributed by atoms with Crippen LogP contribution in [0.4, 0.5) is 4.79 Å². The number of carbonyl (C=O) groups excluding carboxylic acids is 1. The molecule has 1 fully saturated rings. The van der Waals surface area contributed by atoms with Crippen molar-refractivity contribution in [1.29, 1.82) is 0 Å². The van der Waals surface area contributed by atoms with Crippen LogP contribution in [0, 0.1) is 0 Å². The number of carbonyl (C=O) groups is 1. The van der Waals surface area contributed by atoms with Gasteiger partial charge in [-0.25, -0.2) is 4.79 Å². The van der Waals surface area contributed by atoms with Crippen LogP contribution in [0.5, 0.6) is 0 Å². The summed E-state index contributed by atoms with van der Waals surface area (Å²) in [7, 11) is 3.51. The average Bonchev–Trinajstić information content (AvgIpc) is 2.37. The second-order valence-corrected chi connectivity index (χ2v) is 3.28. The van der Waals surface area contributed by atoms with E-state index in [0.29, 0.717) is 0 Å². The molecule has 0 aliphatic carbocycles. The maximum atomic E-state index is 10.8. The van der Waals surface area contributed by atoms with E-state index in [0.717, 1.165) is 17.5 Å². The topological polar surface area (TPSA) is 44.7 Å². The van der Waals surface area contributed by atoms with Crippen LogP contribution in [0.15, 0.2) is 4.99 Å². The third-order valence-corrected chi connectivity index (χ3v) is 2.44. The van der Waals surface area contributed by atoms with Gasteiger partial charge >= 0.3 is 6.03 Å². The number of hydrogen-bond acceptors (Lipinski definition) is 2. The second-order valence-electron chi connectivity index (χ2n) is 2.22. The first-order valence-corrected chi connectivity index (χ1v) is 4.37. The van der Waals surface area contributed by atoms with Crippen LogP contribution < -0.4 is 5.32 Å². The predicted octanol–water partition coefficient (Wildman–Crippen LogP) is 0.360. The van der Waals surface area contributed by atoms with Gasteiger partial charge in [-0.15, -0.1) is 0 Å². The van der Waals surface area contributed by atoms with E-state index in [1.807, 2.05) is 11.9 Å². The van der Waals surface area contributed by atoms with Crippen LogP contribution >= 0.6 is 11.8 Å². The number of nitrogens with zero attached hydrogens (tertiary/aromatic N) is 2. The minimum absolute atomic E-state index is 0.277. The summed E-state index contributed by atoms with van der Waals surface area (Å²) < 4.78 is 0. The second kappa shape index (κ2) is 3.61. The number of hydrogen-bond donors (Lipinski definition) is 1. The van der Waals surface area contributed by atoms with Crippen molar-refractivity contribution in [3.8, 4) is 0 Å². The summed E-state index contributed by atoms with van der Waals surface area (Å²) in [6, 6.07) is -0.277. The van der Waals surface area contributed by atoms with Gasteiger partial charge in [-0.1, -0.05) is 11.8 Å². The summed E-state index contributed by atoms with van der Waals surface area (Å²) in [4.78, 5) is 16.6. The van der Waals surface area contributed by atoms with Crippen molar-refractivity contribution in [3.05, 3.63) is 0 Å². The highest BCUT2D eigenvalue weighted by atomic mass is 32.2. The molecule has 0 aromatic rings. The Balaban J connectivity index is 2.57. The summed E-state index contributed by atoms with van der Waals surface area (Å²) in [5.41, 5.74) is 0. The molecule has 0 bridgehead atoms. The standard InChI is InChI=1S/C6H11N3OS/c1-7-5(10)8-6-9(2)3-4-11-6/h3-4H2,1-2H3,(H,7,10). The van der Waals surface area contributed by atoms with Crippen molar-refractivity contribution >= 4 is 23.0 Å². The van der Waals surface area contributed by atoms with E-state index in [2.05, 4.69) is 10.3 Å². The molecule has 1 aliphatic heterocycles. The molecular weight excluding hydrogens is 162 g/mol. The van der Waals surface area contributed by atoms with Crippen LogP contribution in [-0.2, 0) is 0 Å². The minimum Gasteiger partial charge on any atom is -0.353 e. The average molecular weight is 173 g/mol. The minimum atomic E-state index is -0.277.